The van der Waals surface area contributed by atoms with Crippen molar-refractivity contribution in [1.29, 1.82) is 0 Å². The van der Waals surface area contributed by atoms with Gasteiger partial charge in [0.1, 0.15) is 0 Å². The monoisotopic (exact) mass is 520 g/mol. The topological polar surface area (TPSA) is 77.3 Å². The molecule has 0 aromatic carbocycles. The van der Waals surface area contributed by atoms with E-state index in [1.54, 1.807) is 12.4 Å². The summed E-state index contributed by atoms with van der Waals surface area (Å²) in [7, 11) is 0. The Hall–Kier alpha value is -5.10. The van der Waals surface area contributed by atoms with Gasteiger partial charge >= 0.3 is 0 Å². The molecule has 0 saturated carbocycles. The summed E-state index contributed by atoms with van der Waals surface area (Å²) < 4.78 is 0. The minimum Gasteiger partial charge on any atom is -0.264 e. The highest BCUT2D eigenvalue weighted by atomic mass is 14.8. The van der Waals surface area contributed by atoms with Crippen LogP contribution in [0.3, 0.4) is 0 Å². The van der Waals surface area contributed by atoms with E-state index in [0.29, 0.717) is 0 Å². The predicted octanol–water partition coefficient (Wildman–Crippen LogP) is 7.63. The van der Waals surface area contributed by atoms with Gasteiger partial charge in [0.2, 0.25) is 0 Å². The van der Waals surface area contributed by atoms with Crippen LogP contribution in [0.1, 0.15) is 22.3 Å². The Kier molecular flexibility index (Phi) is 6.66. The van der Waals surface area contributed by atoms with E-state index in [9.17, 15) is 0 Å². The lowest BCUT2D eigenvalue weighted by atomic mass is 9.99. The van der Waals surface area contributed by atoms with E-state index in [-0.39, 0.29) is 0 Å². The molecule has 194 valence electrons. The van der Waals surface area contributed by atoms with Crippen molar-refractivity contribution in [2.45, 2.75) is 27.7 Å². The molecule has 0 N–H and O–H groups in total. The molecule has 6 heterocycles. The van der Waals surface area contributed by atoms with Crippen LogP contribution in [0.5, 0.6) is 0 Å². The van der Waals surface area contributed by atoms with Crippen LogP contribution in [0.25, 0.3) is 56.2 Å². The second-order valence-electron chi connectivity index (χ2n) is 10.0. The fourth-order valence-corrected chi connectivity index (χ4v) is 5.09. The van der Waals surface area contributed by atoms with Crippen LogP contribution in [-0.2, 0) is 0 Å². The summed E-state index contributed by atoms with van der Waals surface area (Å²) >= 11 is 0. The molecule has 0 fully saturated rings. The molecule has 6 heteroatoms. The van der Waals surface area contributed by atoms with Crippen LogP contribution in [0, 0.1) is 27.7 Å². The van der Waals surface area contributed by atoms with Gasteiger partial charge in [-0.25, -0.2) is 0 Å². The molecule has 6 aromatic rings. The first-order valence-electron chi connectivity index (χ1n) is 13.2. The van der Waals surface area contributed by atoms with E-state index in [2.05, 4.69) is 61.9 Å². The first-order valence-corrected chi connectivity index (χ1v) is 13.2. The fourth-order valence-electron chi connectivity index (χ4n) is 5.09. The Morgan fingerprint density at radius 1 is 0.375 bits per heavy atom. The van der Waals surface area contributed by atoms with Crippen molar-refractivity contribution in [2.24, 2.45) is 0 Å². The Bertz CT molecular complexity index is 1830. The van der Waals surface area contributed by atoms with Crippen molar-refractivity contribution in [3.63, 3.8) is 0 Å². The zero-order valence-corrected chi connectivity index (χ0v) is 22.9. The van der Waals surface area contributed by atoms with Crippen molar-refractivity contribution < 1.29 is 0 Å². The summed E-state index contributed by atoms with van der Waals surface area (Å²) in [5, 5.41) is 0. The average Bonchev–Trinajstić information content (AvgIpc) is 2.98. The maximum atomic E-state index is 4.84. The first kappa shape index (κ1) is 25.2. The third-order valence-corrected chi connectivity index (χ3v) is 7.06. The van der Waals surface area contributed by atoms with Crippen LogP contribution in [0.4, 0.5) is 0 Å². The molecular weight excluding hydrogens is 492 g/mol. The highest BCUT2D eigenvalue weighted by Gasteiger charge is 2.14. The zero-order valence-electron chi connectivity index (χ0n) is 22.9. The van der Waals surface area contributed by atoms with Crippen molar-refractivity contribution in [3.05, 3.63) is 120 Å². The first-order chi connectivity index (χ1) is 19.5. The van der Waals surface area contributed by atoms with Crippen molar-refractivity contribution in [2.75, 3.05) is 0 Å². The minimum atomic E-state index is 0.914. The third-order valence-electron chi connectivity index (χ3n) is 7.06. The summed E-state index contributed by atoms with van der Waals surface area (Å²) in [6.45, 7) is 8.31. The molecule has 0 bridgehead atoms. The average molecular weight is 521 g/mol. The Labute approximate surface area is 233 Å². The van der Waals surface area contributed by atoms with Gasteiger partial charge < -0.3 is 0 Å². The molecular formula is C34H28N6. The molecule has 0 aliphatic carbocycles. The molecule has 6 nitrogen and oxygen atoms in total. The molecule has 0 unspecified atom stereocenters. The summed E-state index contributed by atoms with van der Waals surface area (Å²) in [4.78, 5) is 27.6. The van der Waals surface area contributed by atoms with Crippen LogP contribution < -0.4 is 0 Å². The van der Waals surface area contributed by atoms with E-state index < -0.39 is 0 Å². The maximum absolute atomic E-state index is 4.84. The van der Waals surface area contributed by atoms with Crippen molar-refractivity contribution in [3.8, 4) is 56.2 Å². The quantitative estimate of drug-likeness (QED) is 0.233. The number of hydrogen-bond donors (Lipinski definition) is 0. The fraction of sp³-hybridized carbons (Fsp3) is 0.118. The molecule has 0 aliphatic rings. The zero-order chi connectivity index (χ0) is 27.6. The Balaban J connectivity index is 1.27. The van der Waals surface area contributed by atoms with Crippen LogP contribution in [0.15, 0.2) is 98.1 Å². The number of rotatable bonds is 5. The highest BCUT2D eigenvalue weighted by Crippen LogP contribution is 2.32. The SMILES string of the molecule is Cc1cc(-c2cccnc2)cnc1-c1cnc(-c2cnc(-c3cnc(-c4cccnc4)c(C)c3)c(C)c2)c(C)c1. The molecule has 0 aliphatic heterocycles. The van der Waals surface area contributed by atoms with E-state index in [0.717, 1.165) is 78.4 Å². The molecule has 40 heavy (non-hydrogen) atoms. The summed E-state index contributed by atoms with van der Waals surface area (Å²) in [6.07, 6.45) is 14.8. The lowest BCUT2D eigenvalue weighted by Crippen LogP contribution is -1.97. The molecule has 0 atom stereocenters. The standard InChI is InChI=1S/C34H28N6/c1-21-11-27(25-7-5-9-35-15-25)17-37-32(21)29-13-23(3)34(39-19-29)30-14-24(4)33(40-20-30)28-12-22(2)31(38-18-28)26-8-6-10-36-16-26/h5-20H,1-4H3. The second kappa shape index (κ2) is 10.6. The van der Waals surface area contributed by atoms with Crippen LogP contribution in [0.2, 0.25) is 0 Å². The van der Waals surface area contributed by atoms with E-state index in [1.807, 2.05) is 61.4 Å². The van der Waals surface area contributed by atoms with Crippen molar-refractivity contribution >= 4 is 0 Å². The summed E-state index contributed by atoms with van der Waals surface area (Å²) in [5.41, 5.74) is 14.1. The molecule has 0 radical (unpaired) electrons. The van der Waals surface area contributed by atoms with Gasteiger partial charge in [-0.2, -0.15) is 0 Å². The number of pyridine rings is 6. The normalized spacial score (nSPS) is 11.0. The molecule has 0 amide bonds. The van der Waals surface area contributed by atoms with Crippen molar-refractivity contribution in [1.82, 2.24) is 29.9 Å². The van der Waals surface area contributed by atoms with Gasteiger partial charge in [-0.15, -0.1) is 0 Å². The molecule has 6 aromatic heterocycles. The van der Waals surface area contributed by atoms with Gasteiger partial charge in [0.15, 0.2) is 0 Å². The second-order valence-corrected chi connectivity index (χ2v) is 10.0. The highest BCUT2D eigenvalue weighted by molar-refractivity contribution is 5.74. The number of aromatic nitrogens is 6. The van der Waals surface area contributed by atoms with Gasteiger partial charge in [-0.3, -0.25) is 29.9 Å². The number of hydrogen-bond acceptors (Lipinski definition) is 6. The third kappa shape index (κ3) is 4.87. The summed E-state index contributed by atoms with van der Waals surface area (Å²) in [5.74, 6) is 0. The molecule has 0 saturated heterocycles. The van der Waals surface area contributed by atoms with Gasteiger partial charge in [0.05, 0.1) is 22.8 Å². The van der Waals surface area contributed by atoms with Crippen LogP contribution in [-0.4, -0.2) is 29.9 Å². The van der Waals surface area contributed by atoms with Gasteiger partial charge in [0, 0.05) is 83.0 Å². The maximum Gasteiger partial charge on any atom is 0.0747 e. The lowest BCUT2D eigenvalue weighted by Gasteiger charge is -2.13. The van der Waals surface area contributed by atoms with E-state index in [4.69, 9.17) is 19.9 Å². The largest absolute Gasteiger partial charge is 0.264 e. The van der Waals surface area contributed by atoms with Gasteiger partial charge in [-0.1, -0.05) is 6.07 Å². The minimum absolute atomic E-state index is 0.914. The van der Waals surface area contributed by atoms with Gasteiger partial charge in [-0.05, 0) is 92.4 Å². The Morgan fingerprint density at radius 2 is 0.725 bits per heavy atom. The molecule has 6 rings (SSSR count). The lowest BCUT2D eigenvalue weighted by molar-refractivity contribution is 1.19. The predicted molar refractivity (Wildman–Crippen MR) is 159 cm³/mol. The van der Waals surface area contributed by atoms with E-state index >= 15 is 0 Å². The summed E-state index contributed by atoms with van der Waals surface area (Å²) in [6, 6.07) is 16.5. The Morgan fingerprint density at radius 3 is 1.10 bits per heavy atom. The molecule has 0 spiro atoms. The smallest absolute Gasteiger partial charge is 0.0747 e. The van der Waals surface area contributed by atoms with Crippen LogP contribution >= 0.6 is 0 Å². The van der Waals surface area contributed by atoms with E-state index in [1.165, 1.54) is 0 Å². The van der Waals surface area contributed by atoms with Gasteiger partial charge in [0.25, 0.3) is 0 Å². The number of aryl methyl sites for hydroxylation is 4. The number of nitrogens with zero attached hydrogens (tertiary/aromatic N) is 6.